The second-order valence-corrected chi connectivity index (χ2v) is 7.95. The zero-order chi connectivity index (χ0) is 20.9. The summed E-state index contributed by atoms with van der Waals surface area (Å²) >= 11 is 1.36. The van der Waals surface area contributed by atoms with Crippen LogP contribution in [0.25, 0.3) is 6.08 Å². The lowest BCUT2D eigenvalue weighted by Gasteiger charge is -2.15. The largest absolute Gasteiger partial charge is 0.378 e. The van der Waals surface area contributed by atoms with Crippen molar-refractivity contribution in [3.05, 3.63) is 95.4 Å². The lowest BCUT2D eigenvalue weighted by atomic mass is 10.2. The Morgan fingerprint density at radius 2 is 1.53 bits per heavy atom. The third-order valence-electron chi connectivity index (χ3n) is 4.58. The molecule has 1 N–H and O–H groups in total. The predicted octanol–water partition coefficient (Wildman–Crippen LogP) is 5.26. The number of nitrogens with zero attached hydrogens (tertiary/aromatic N) is 3. The van der Waals surface area contributed by atoms with Crippen LogP contribution in [0.5, 0.6) is 0 Å². The Labute approximate surface area is 180 Å². The van der Waals surface area contributed by atoms with Crippen LogP contribution in [0.3, 0.4) is 0 Å². The highest BCUT2D eigenvalue weighted by molar-refractivity contribution is 8.19. The standard InChI is InChI=1S/C24H22N4OS/c1-27(2)20-15-13-18(14-16-20)17-22-23(29)28(21-11-7-4-8-12-21)24(30-22)26-25-19-9-5-3-6-10-19/h3-17,25H,1-2H3/b22-17-,26-24-. The molecule has 0 bridgehead atoms. The van der Waals surface area contributed by atoms with Crippen molar-refractivity contribution < 1.29 is 4.79 Å². The van der Waals surface area contributed by atoms with E-state index in [9.17, 15) is 4.79 Å². The van der Waals surface area contributed by atoms with E-state index in [-0.39, 0.29) is 5.91 Å². The number of carbonyl (C=O) groups excluding carboxylic acids is 1. The zero-order valence-electron chi connectivity index (χ0n) is 16.8. The molecule has 150 valence electrons. The minimum Gasteiger partial charge on any atom is -0.378 e. The SMILES string of the molecule is CN(C)c1ccc(/C=C2\S/C(=N\Nc3ccccc3)N(c3ccccc3)C2=O)cc1. The first-order chi connectivity index (χ1) is 14.6. The third kappa shape index (κ3) is 4.39. The van der Waals surface area contributed by atoms with Crippen molar-refractivity contribution in [1.29, 1.82) is 0 Å². The molecule has 0 unspecified atom stereocenters. The number of rotatable bonds is 5. The van der Waals surface area contributed by atoms with Crippen molar-refractivity contribution in [1.82, 2.24) is 0 Å². The zero-order valence-corrected chi connectivity index (χ0v) is 17.6. The minimum atomic E-state index is -0.0866. The summed E-state index contributed by atoms with van der Waals surface area (Å²) in [5.74, 6) is -0.0866. The molecule has 30 heavy (non-hydrogen) atoms. The van der Waals surface area contributed by atoms with Gasteiger partial charge in [0.05, 0.1) is 16.3 Å². The fraction of sp³-hybridized carbons (Fsp3) is 0.0833. The molecule has 4 rings (SSSR count). The maximum absolute atomic E-state index is 13.2. The van der Waals surface area contributed by atoms with E-state index in [1.54, 1.807) is 4.90 Å². The summed E-state index contributed by atoms with van der Waals surface area (Å²) in [6, 6.07) is 27.4. The van der Waals surface area contributed by atoms with Gasteiger partial charge in [-0.05, 0) is 59.8 Å². The van der Waals surface area contributed by atoms with E-state index in [1.165, 1.54) is 11.8 Å². The fourth-order valence-electron chi connectivity index (χ4n) is 3.00. The van der Waals surface area contributed by atoms with Crippen LogP contribution in [0.15, 0.2) is 94.9 Å². The Morgan fingerprint density at radius 3 is 2.17 bits per heavy atom. The Balaban J connectivity index is 1.65. The molecule has 0 aliphatic carbocycles. The molecule has 6 heteroatoms. The monoisotopic (exact) mass is 414 g/mol. The number of amidine groups is 1. The summed E-state index contributed by atoms with van der Waals surface area (Å²) in [7, 11) is 4.01. The van der Waals surface area contributed by atoms with Gasteiger partial charge in [-0.15, -0.1) is 5.10 Å². The molecule has 0 radical (unpaired) electrons. The minimum absolute atomic E-state index is 0.0866. The second-order valence-electron chi connectivity index (χ2n) is 6.94. The van der Waals surface area contributed by atoms with Gasteiger partial charge in [-0.1, -0.05) is 48.5 Å². The van der Waals surface area contributed by atoms with E-state index in [1.807, 2.05) is 110 Å². The molecule has 0 saturated carbocycles. The molecule has 1 fully saturated rings. The van der Waals surface area contributed by atoms with Gasteiger partial charge < -0.3 is 4.90 Å². The van der Waals surface area contributed by atoms with Gasteiger partial charge in [-0.25, -0.2) is 0 Å². The van der Waals surface area contributed by atoms with Crippen molar-refractivity contribution in [2.75, 3.05) is 29.3 Å². The summed E-state index contributed by atoms with van der Waals surface area (Å²) in [4.78, 5) is 17.5. The van der Waals surface area contributed by atoms with Crippen molar-refractivity contribution >= 4 is 46.0 Å². The first kappa shape index (κ1) is 19.8. The van der Waals surface area contributed by atoms with E-state index in [0.29, 0.717) is 10.1 Å². The number of nitrogens with one attached hydrogen (secondary N) is 1. The predicted molar refractivity (Wildman–Crippen MR) is 128 cm³/mol. The maximum Gasteiger partial charge on any atom is 0.271 e. The van der Waals surface area contributed by atoms with Gasteiger partial charge >= 0.3 is 0 Å². The molecule has 1 saturated heterocycles. The van der Waals surface area contributed by atoms with Gasteiger partial charge in [0.15, 0.2) is 5.17 Å². The summed E-state index contributed by atoms with van der Waals surface area (Å²) < 4.78 is 0. The van der Waals surface area contributed by atoms with Crippen LogP contribution < -0.4 is 15.2 Å². The number of amides is 1. The Bertz CT molecular complexity index is 1080. The van der Waals surface area contributed by atoms with Gasteiger partial charge in [0.1, 0.15) is 0 Å². The first-order valence-electron chi connectivity index (χ1n) is 9.57. The molecule has 3 aromatic carbocycles. The van der Waals surface area contributed by atoms with Crippen molar-refractivity contribution in [2.24, 2.45) is 5.10 Å². The van der Waals surface area contributed by atoms with Gasteiger partial charge in [-0.3, -0.25) is 15.1 Å². The van der Waals surface area contributed by atoms with Gasteiger partial charge in [-0.2, -0.15) is 0 Å². The van der Waals surface area contributed by atoms with Crippen LogP contribution in [-0.4, -0.2) is 25.2 Å². The molecule has 0 spiro atoms. The van der Waals surface area contributed by atoms with Crippen molar-refractivity contribution in [3.8, 4) is 0 Å². The highest BCUT2D eigenvalue weighted by atomic mass is 32.2. The molecular weight excluding hydrogens is 392 g/mol. The summed E-state index contributed by atoms with van der Waals surface area (Å²) in [5.41, 5.74) is 6.79. The smallest absolute Gasteiger partial charge is 0.271 e. The van der Waals surface area contributed by atoms with E-state index in [2.05, 4.69) is 10.5 Å². The average molecular weight is 415 g/mol. The number of hydrogen-bond acceptors (Lipinski definition) is 5. The van der Waals surface area contributed by atoms with Crippen LogP contribution in [0.4, 0.5) is 17.1 Å². The Hall–Kier alpha value is -3.51. The summed E-state index contributed by atoms with van der Waals surface area (Å²) in [6.07, 6.45) is 1.91. The van der Waals surface area contributed by atoms with Gasteiger partial charge in [0.25, 0.3) is 5.91 Å². The van der Waals surface area contributed by atoms with E-state index in [4.69, 9.17) is 0 Å². The number of hydrazone groups is 1. The number of para-hydroxylation sites is 2. The molecule has 1 heterocycles. The Kier molecular flexibility index (Phi) is 5.86. The van der Waals surface area contributed by atoms with Crippen LogP contribution in [-0.2, 0) is 4.79 Å². The molecule has 3 aromatic rings. The van der Waals surface area contributed by atoms with Crippen LogP contribution in [0.2, 0.25) is 0 Å². The summed E-state index contributed by atoms with van der Waals surface area (Å²) in [5, 5.41) is 5.11. The lowest BCUT2D eigenvalue weighted by molar-refractivity contribution is -0.113. The van der Waals surface area contributed by atoms with Crippen molar-refractivity contribution in [3.63, 3.8) is 0 Å². The molecule has 1 aliphatic rings. The normalized spacial score (nSPS) is 16.3. The van der Waals surface area contributed by atoms with Crippen LogP contribution in [0.1, 0.15) is 5.56 Å². The third-order valence-corrected chi connectivity index (χ3v) is 5.55. The number of thioether (sulfide) groups is 1. The fourth-order valence-corrected chi connectivity index (χ4v) is 3.94. The van der Waals surface area contributed by atoms with Gasteiger partial charge in [0.2, 0.25) is 0 Å². The van der Waals surface area contributed by atoms with E-state index in [0.717, 1.165) is 22.6 Å². The van der Waals surface area contributed by atoms with E-state index < -0.39 is 0 Å². The highest BCUT2D eigenvalue weighted by Crippen LogP contribution is 2.36. The second kappa shape index (κ2) is 8.88. The average Bonchev–Trinajstić information content (AvgIpc) is 3.09. The quantitative estimate of drug-likeness (QED) is 0.457. The van der Waals surface area contributed by atoms with Crippen molar-refractivity contribution in [2.45, 2.75) is 0 Å². The number of anilines is 3. The molecule has 0 aromatic heterocycles. The topological polar surface area (TPSA) is 47.9 Å². The highest BCUT2D eigenvalue weighted by Gasteiger charge is 2.34. The summed E-state index contributed by atoms with van der Waals surface area (Å²) in [6.45, 7) is 0. The van der Waals surface area contributed by atoms with E-state index >= 15 is 0 Å². The molecule has 1 amide bonds. The molecule has 5 nitrogen and oxygen atoms in total. The number of carbonyl (C=O) groups is 1. The number of hydrogen-bond donors (Lipinski definition) is 1. The lowest BCUT2D eigenvalue weighted by Crippen LogP contribution is -2.29. The molecular formula is C24H22N4OS. The number of benzene rings is 3. The Morgan fingerprint density at radius 1 is 0.900 bits per heavy atom. The molecule has 0 atom stereocenters. The van der Waals surface area contributed by atoms with Crippen LogP contribution >= 0.6 is 11.8 Å². The molecule has 1 aliphatic heterocycles. The van der Waals surface area contributed by atoms with Crippen LogP contribution in [0, 0.1) is 0 Å². The van der Waals surface area contributed by atoms with Gasteiger partial charge in [0, 0.05) is 19.8 Å². The first-order valence-corrected chi connectivity index (χ1v) is 10.4. The maximum atomic E-state index is 13.2.